The van der Waals surface area contributed by atoms with E-state index in [4.69, 9.17) is 24.7 Å². The molecule has 0 aromatic heterocycles. The van der Waals surface area contributed by atoms with Crippen LogP contribution in [0.3, 0.4) is 0 Å². The third-order valence-electron chi connectivity index (χ3n) is 3.33. The fourth-order valence-corrected chi connectivity index (χ4v) is 1.95. The molecule has 0 unspecified atom stereocenters. The van der Waals surface area contributed by atoms with Crippen LogP contribution in [0.25, 0.3) is 0 Å². The third kappa shape index (κ3) is 5.38. The molecular weight excluding hydrogens is 294 g/mol. The van der Waals surface area contributed by atoms with Gasteiger partial charge in [0.1, 0.15) is 23.0 Å². The molecule has 2 aromatic carbocycles. The van der Waals surface area contributed by atoms with E-state index in [1.54, 1.807) is 28.4 Å². The molecule has 0 heterocycles. The molecule has 0 bridgehead atoms. The van der Waals surface area contributed by atoms with E-state index in [0.717, 1.165) is 34.1 Å². The molecule has 0 aliphatic carbocycles. The second kappa shape index (κ2) is 9.58. The lowest BCUT2D eigenvalue weighted by Crippen LogP contribution is -1.99. The highest BCUT2D eigenvalue weighted by Gasteiger charge is 2.01. The summed E-state index contributed by atoms with van der Waals surface area (Å²) in [5, 5.41) is 0. The van der Waals surface area contributed by atoms with Crippen molar-refractivity contribution >= 4 is 0 Å². The first-order valence-corrected chi connectivity index (χ1v) is 7.19. The van der Waals surface area contributed by atoms with Gasteiger partial charge in [-0.25, -0.2) is 0 Å². The molecule has 0 aliphatic heterocycles. The van der Waals surface area contributed by atoms with Crippen molar-refractivity contribution in [2.24, 2.45) is 5.73 Å². The minimum absolute atomic E-state index is 0.479. The van der Waals surface area contributed by atoms with Gasteiger partial charge in [-0.2, -0.15) is 0 Å². The lowest BCUT2D eigenvalue weighted by molar-refractivity contribution is 0.391. The number of hydrogen-bond acceptors (Lipinski definition) is 5. The predicted molar refractivity (Wildman–Crippen MR) is 91.7 cm³/mol. The van der Waals surface area contributed by atoms with Gasteiger partial charge in [-0.3, -0.25) is 0 Å². The van der Waals surface area contributed by atoms with Crippen molar-refractivity contribution in [3.8, 4) is 23.0 Å². The Hall–Kier alpha value is -2.40. The van der Waals surface area contributed by atoms with Crippen LogP contribution in [-0.2, 0) is 6.54 Å². The second-order valence-electron chi connectivity index (χ2n) is 4.72. The van der Waals surface area contributed by atoms with Crippen molar-refractivity contribution in [1.29, 1.82) is 0 Å². The Kier molecular flexibility index (Phi) is 7.77. The van der Waals surface area contributed by atoms with Crippen LogP contribution in [-0.4, -0.2) is 28.4 Å². The van der Waals surface area contributed by atoms with E-state index in [1.807, 2.05) is 43.3 Å². The third-order valence-corrected chi connectivity index (χ3v) is 3.33. The molecule has 5 heteroatoms. The van der Waals surface area contributed by atoms with Crippen molar-refractivity contribution < 1.29 is 18.9 Å². The summed E-state index contributed by atoms with van der Waals surface area (Å²) in [5.41, 5.74) is 7.60. The summed E-state index contributed by atoms with van der Waals surface area (Å²) in [6, 6.07) is 11.3. The molecule has 2 rings (SSSR count). The van der Waals surface area contributed by atoms with Gasteiger partial charge in [-0.1, -0.05) is 12.1 Å². The molecule has 2 aromatic rings. The van der Waals surface area contributed by atoms with Crippen molar-refractivity contribution in [3.05, 3.63) is 47.5 Å². The average Bonchev–Trinajstić information content (AvgIpc) is 2.62. The lowest BCUT2D eigenvalue weighted by Gasteiger charge is -2.07. The van der Waals surface area contributed by atoms with Crippen LogP contribution in [0.1, 0.15) is 11.1 Å². The van der Waals surface area contributed by atoms with Crippen LogP contribution < -0.4 is 24.7 Å². The predicted octanol–water partition coefficient (Wildman–Crippen LogP) is 3.17. The summed E-state index contributed by atoms with van der Waals surface area (Å²) in [7, 11) is 6.54. The summed E-state index contributed by atoms with van der Waals surface area (Å²) in [6.07, 6.45) is 0. The Labute approximate surface area is 137 Å². The first-order valence-electron chi connectivity index (χ1n) is 7.19. The molecule has 2 N–H and O–H groups in total. The molecule has 0 saturated heterocycles. The zero-order valence-corrected chi connectivity index (χ0v) is 14.4. The van der Waals surface area contributed by atoms with Gasteiger partial charge in [-0.15, -0.1) is 0 Å². The highest BCUT2D eigenvalue weighted by atomic mass is 16.5. The Bertz CT molecular complexity index is 614. The fraction of sp³-hybridized carbons (Fsp3) is 0.333. The van der Waals surface area contributed by atoms with Crippen LogP contribution in [0.5, 0.6) is 23.0 Å². The quantitative estimate of drug-likeness (QED) is 0.917. The SMILES string of the molecule is COc1ccc(C)c(OC)c1.COc1ccc(CN)c(OC)c1. The maximum Gasteiger partial charge on any atom is 0.127 e. The molecule has 0 fully saturated rings. The van der Waals surface area contributed by atoms with Crippen molar-refractivity contribution in [2.75, 3.05) is 28.4 Å². The molecule has 126 valence electrons. The molecule has 0 atom stereocenters. The fourth-order valence-electron chi connectivity index (χ4n) is 1.95. The van der Waals surface area contributed by atoms with Gasteiger partial charge in [-0.05, 0) is 24.6 Å². The molecular formula is C18H25NO4. The lowest BCUT2D eigenvalue weighted by atomic mass is 10.2. The second-order valence-corrected chi connectivity index (χ2v) is 4.72. The smallest absolute Gasteiger partial charge is 0.127 e. The molecule has 0 saturated carbocycles. The highest BCUT2D eigenvalue weighted by Crippen LogP contribution is 2.24. The molecule has 23 heavy (non-hydrogen) atoms. The van der Waals surface area contributed by atoms with E-state index in [1.165, 1.54) is 0 Å². The molecule has 5 nitrogen and oxygen atoms in total. The van der Waals surface area contributed by atoms with Crippen molar-refractivity contribution in [3.63, 3.8) is 0 Å². The van der Waals surface area contributed by atoms with Crippen molar-refractivity contribution in [2.45, 2.75) is 13.5 Å². The maximum atomic E-state index is 5.50. The van der Waals surface area contributed by atoms with E-state index in [0.29, 0.717) is 6.54 Å². The van der Waals surface area contributed by atoms with Gasteiger partial charge in [0.25, 0.3) is 0 Å². The zero-order valence-electron chi connectivity index (χ0n) is 14.4. The van der Waals surface area contributed by atoms with Gasteiger partial charge in [0.05, 0.1) is 28.4 Å². The molecule has 0 radical (unpaired) electrons. The summed E-state index contributed by atoms with van der Waals surface area (Å²) in [5.74, 6) is 3.25. The number of methoxy groups -OCH3 is 4. The Morgan fingerprint density at radius 2 is 1.26 bits per heavy atom. The number of hydrogen-bond donors (Lipinski definition) is 1. The molecule has 0 spiro atoms. The van der Waals surface area contributed by atoms with Gasteiger partial charge in [0.15, 0.2) is 0 Å². The van der Waals surface area contributed by atoms with Crippen LogP contribution in [0.4, 0.5) is 0 Å². The van der Waals surface area contributed by atoms with E-state index in [9.17, 15) is 0 Å². The maximum absolute atomic E-state index is 5.50. The number of aryl methyl sites for hydroxylation is 1. The first kappa shape index (κ1) is 18.6. The van der Waals surface area contributed by atoms with E-state index < -0.39 is 0 Å². The van der Waals surface area contributed by atoms with Crippen LogP contribution >= 0.6 is 0 Å². The van der Waals surface area contributed by atoms with E-state index >= 15 is 0 Å². The zero-order chi connectivity index (χ0) is 17.2. The number of ether oxygens (including phenoxy) is 4. The number of benzene rings is 2. The summed E-state index contributed by atoms with van der Waals surface area (Å²) in [6.45, 7) is 2.48. The Morgan fingerprint density at radius 3 is 1.74 bits per heavy atom. The highest BCUT2D eigenvalue weighted by molar-refractivity contribution is 5.40. The van der Waals surface area contributed by atoms with Crippen LogP contribution in [0.15, 0.2) is 36.4 Å². The summed E-state index contributed by atoms with van der Waals surface area (Å²) < 4.78 is 20.3. The standard InChI is InChI=1S/C9H13NO2.C9H12O2/c1-11-8-4-3-7(6-10)9(5-8)12-2;1-7-4-5-8(10-2)6-9(7)11-3/h3-5H,6,10H2,1-2H3;4-6H,1-3H3. The van der Waals surface area contributed by atoms with Gasteiger partial charge in [0, 0.05) is 24.2 Å². The average molecular weight is 319 g/mol. The number of rotatable bonds is 5. The summed E-state index contributed by atoms with van der Waals surface area (Å²) in [4.78, 5) is 0. The monoisotopic (exact) mass is 319 g/mol. The van der Waals surface area contributed by atoms with Gasteiger partial charge in [0.2, 0.25) is 0 Å². The van der Waals surface area contributed by atoms with Crippen LogP contribution in [0.2, 0.25) is 0 Å². The Morgan fingerprint density at radius 1 is 0.739 bits per heavy atom. The topological polar surface area (TPSA) is 62.9 Å². The minimum atomic E-state index is 0.479. The van der Waals surface area contributed by atoms with Crippen molar-refractivity contribution in [1.82, 2.24) is 0 Å². The Balaban J connectivity index is 0.000000231. The summed E-state index contributed by atoms with van der Waals surface area (Å²) >= 11 is 0. The molecule has 0 amide bonds. The van der Waals surface area contributed by atoms with Gasteiger partial charge < -0.3 is 24.7 Å². The minimum Gasteiger partial charge on any atom is -0.497 e. The first-order chi connectivity index (χ1) is 11.1. The van der Waals surface area contributed by atoms with E-state index in [2.05, 4.69) is 0 Å². The van der Waals surface area contributed by atoms with E-state index in [-0.39, 0.29) is 0 Å². The number of nitrogens with two attached hydrogens (primary N) is 1. The van der Waals surface area contributed by atoms with Crippen LogP contribution in [0, 0.1) is 6.92 Å². The normalized spacial score (nSPS) is 9.48. The largest absolute Gasteiger partial charge is 0.497 e. The van der Waals surface area contributed by atoms with Gasteiger partial charge >= 0.3 is 0 Å². The molecule has 0 aliphatic rings.